The number of hydrogen-bond donors (Lipinski definition) is 2. The second-order valence-electron chi connectivity index (χ2n) is 5.56. The van der Waals surface area contributed by atoms with E-state index < -0.39 is 6.29 Å². The molecule has 1 amide bonds. The van der Waals surface area contributed by atoms with E-state index in [1.54, 1.807) is 13.0 Å². The molecule has 1 aromatic rings. The minimum atomic E-state index is -0.495. The first-order chi connectivity index (χ1) is 10.4. The average Bonchev–Trinajstić information content (AvgIpc) is 2.48. The summed E-state index contributed by atoms with van der Waals surface area (Å²) in [5, 5.41) is 9.12. The highest BCUT2D eigenvalue weighted by Gasteiger charge is 2.05. The average molecular weight is 307 g/mol. The SMILES string of the molecule is Cc1cc(/C=C/C(=O)NOC(C)OCC(C)C)ccc1CO. The fourth-order valence-electron chi connectivity index (χ4n) is 1.71. The van der Waals surface area contributed by atoms with Crippen molar-refractivity contribution < 1.29 is 19.5 Å². The number of nitrogens with one attached hydrogen (secondary N) is 1. The number of aryl methyl sites for hydroxylation is 1. The first-order valence-corrected chi connectivity index (χ1v) is 7.38. The minimum absolute atomic E-state index is 0.0123. The molecule has 1 atom stereocenters. The Labute approximate surface area is 131 Å². The number of amides is 1. The molecule has 0 saturated carbocycles. The summed E-state index contributed by atoms with van der Waals surface area (Å²) in [5.74, 6) is 0.0515. The monoisotopic (exact) mass is 307 g/mol. The molecule has 5 heteroatoms. The lowest BCUT2D eigenvalue weighted by Crippen LogP contribution is -2.29. The maximum atomic E-state index is 11.6. The lowest BCUT2D eigenvalue weighted by atomic mass is 10.1. The van der Waals surface area contributed by atoms with Crippen LogP contribution < -0.4 is 5.48 Å². The quantitative estimate of drug-likeness (QED) is 0.440. The Bertz CT molecular complexity index is 511. The van der Waals surface area contributed by atoms with Crippen LogP contribution in [0.5, 0.6) is 0 Å². The van der Waals surface area contributed by atoms with Crippen molar-refractivity contribution in [3.8, 4) is 0 Å². The van der Waals surface area contributed by atoms with E-state index in [2.05, 4.69) is 5.48 Å². The van der Waals surface area contributed by atoms with E-state index in [0.29, 0.717) is 12.5 Å². The molecule has 122 valence electrons. The van der Waals surface area contributed by atoms with E-state index in [0.717, 1.165) is 16.7 Å². The van der Waals surface area contributed by atoms with Gasteiger partial charge in [-0.1, -0.05) is 32.0 Å². The van der Waals surface area contributed by atoms with Crippen molar-refractivity contribution in [1.82, 2.24) is 5.48 Å². The van der Waals surface area contributed by atoms with Crippen molar-refractivity contribution in [2.45, 2.75) is 40.6 Å². The molecular formula is C17H25NO4. The molecule has 0 heterocycles. The van der Waals surface area contributed by atoms with E-state index in [9.17, 15) is 4.79 Å². The fraction of sp³-hybridized carbons (Fsp3) is 0.471. The van der Waals surface area contributed by atoms with Crippen molar-refractivity contribution >= 4 is 12.0 Å². The predicted molar refractivity (Wildman–Crippen MR) is 85.6 cm³/mol. The van der Waals surface area contributed by atoms with Crippen LogP contribution in [0.4, 0.5) is 0 Å². The Balaban J connectivity index is 2.42. The molecule has 0 aliphatic carbocycles. The molecule has 1 aromatic carbocycles. The third-order valence-electron chi connectivity index (χ3n) is 2.95. The molecule has 0 aromatic heterocycles. The van der Waals surface area contributed by atoms with Crippen LogP contribution in [0.25, 0.3) is 6.08 Å². The Morgan fingerprint density at radius 2 is 2.09 bits per heavy atom. The number of carbonyl (C=O) groups excluding carboxylic acids is 1. The first kappa shape index (κ1) is 18.4. The smallest absolute Gasteiger partial charge is 0.267 e. The Hall–Kier alpha value is -1.69. The van der Waals surface area contributed by atoms with E-state index in [4.69, 9.17) is 14.7 Å². The first-order valence-electron chi connectivity index (χ1n) is 7.38. The zero-order valence-electron chi connectivity index (χ0n) is 13.6. The van der Waals surface area contributed by atoms with Crippen LogP contribution in [-0.4, -0.2) is 23.9 Å². The summed E-state index contributed by atoms with van der Waals surface area (Å²) in [5.41, 5.74) is 5.07. The molecule has 0 saturated heterocycles. The van der Waals surface area contributed by atoms with Crippen LogP contribution in [-0.2, 0) is 21.0 Å². The second kappa shape index (κ2) is 9.35. The van der Waals surface area contributed by atoms with Crippen molar-refractivity contribution in [2.75, 3.05) is 6.61 Å². The molecule has 0 radical (unpaired) electrons. The van der Waals surface area contributed by atoms with E-state index in [-0.39, 0.29) is 12.5 Å². The van der Waals surface area contributed by atoms with Crippen molar-refractivity contribution in [2.24, 2.45) is 5.92 Å². The number of carbonyl (C=O) groups is 1. The van der Waals surface area contributed by atoms with Gasteiger partial charge in [-0.15, -0.1) is 0 Å². The van der Waals surface area contributed by atoms with Crippen LogP contribution in [0.3, 0.4) is 0 Å². The number of hydroxylamine groups is 1. The summed E-state index contributed by atoms with van der Waals surface area (Å²) >= 11 is 0. The highest BCUT2D eigenvalue weighted by Crippen LogP contribution is 2.12. The third kappa shape index (κ3) is 6.85. The lowest BCUT2D eigenvalue weighted by molar-refractivity contribution is -0.180. The number of aliphatic hydroxyl groups is 1. The molecule has 5 nitrogen and oxygen atoms in total. The van der Waals surface area contributed by atoms with Gasteiger partial charge in [0, 0.05) is 6.08 Å². The highest BCUT2D eigenvalue weighted by molar-refractivity contribution is 5.90. The van der Waals surface area contributed by atoms with Gasteiger partial charge in [0.15, 0.2) is 6.29 Å². The van der Waals surface area contributed by atoms with Crippen LogP contribution in [0.1, 0.15) is 37.5 Å². The normalized spacial score (nSPS) is 12.8. The standard InChI is InChI=1S/C17H25NO4/c1-12(2)11-21-14(4)22-18-17(20)8-6-15-5-7-16(10-19)13(3)9-15/h5-9,12,14,19H,10-11H2,1-4H3,(H,18,20)/b8-6+. The Morgan fingerprint density at radius 1 is 1.36 bits per heavy atom. The largest absolute Gasteiger partial charge is 0.392 e. The van der Waals surface area contributed by atoms with Crippen molar-refractivity contribution in [3.63, 3.8) is 0 Å². The molecule has 0 bridgehead atoms. The predicted octanol–water partition coefficient (Wildman–Crippen LogP) is 2.57. The minimum Gasteiger partial charge on any atom is -0.392 e. The summed E-state index contributed by atoms with van der Waals surface area (Å²) in [4.78, 5) is 16.7. The van der Waals surface area contributed by atoms with E-state index in [1.165, 1.54) is 6.08 Å². The molecule has 0 spiro atoms. The van der Waals surface area contributed by atoms with Gasteiger partial charge in [-0.2, -0.15) is 0 Å². The summed E-state index contributed by atoms with van der Waals surface area (Å²) in [6.45, 7) is 8.31. The molecular weight excluding hydrogens is 282 g/mol. The van der Waals surface area contributed by atoms with Crippen molar-refractivity contribution in [1.29, 1.82) is 0 Å². The molecule has 0 aliphatic heterocycles. The molecule has 0 aliphatic rings. The summed E-state index contributed by atoms with van der Waals surface area (Å²) in [6, 6.07) is 5.59. The van der Waals surface area contributed by atoms with Gasteiger partial charge >= 0.3 is 0 Å². The zero-order valence-corrected chi connectivity index (χ0v) is 13.6. The van der Waals surface area contributed by atoms with Gasteiger partial charge in [-0.05, 0) is 42.5 Å². The zero-order chi connectivity index (χ0) is 16.5. The maximum Gasteiger partial charge on any atom is 0.267 e. The van der Waals surface area contributed by atoms with Crippen LogP contribution in [0.15, 0.2) is 24.3 Å². The van der Waals surface area contributed by atoms with Crippen molar-refractivity contribution in [3.05, 3.63) is 41.0 Å². The number of ether oxygens (including phenoxy) is 1. The van der Waals surface area contributed by atoms with Gasteiger partial charge in [0.2, 0.25) is 0 Å². The van der Waals surface area contributed by atoms with Crippen LogP contribution in [0.2, 0.25) is 0 Å². The number of benzene rings is 1. The van der Waals surface area contributed by atoms with E-state index in [1.807, 2.05) is 39.0 Å². The molecule has 1 rings (SSSR count). The van der Waals surface area contributed by atoms with Gasteiger partial charge in [-0.3, -0.25) is 4.79 Å². The molecule has 22 heavy (non-hydrogen) atoms. The van der Waals surface area contributed by atoms with Gasteiger partial charge in [0.25, 0.3) is 5.91 Å². The van der Waals surface area contributed by atoms with Crippen LogP contribution in [0, 0.1) is 12.8 Å². The van der Waals surface area contributed by atoms with Gasteiger partial charge in [-0.25, -0.2) is 10.3 Å². The topological polar surface area (TPSA) is 67.8 Å². The van der Waals surface area contributed by atoms with E-state index >= 15 is 0 Å². The Morgan fingerprint density at radius 3 is 2.68 bits per heavy atom. The van der Waals surface area contributed by atoms with Gasteiger partial charge in [0.1, 0.15) is 0 Å². The third-order valence-corrected chi connectivity index (χ3v) is 2.95. The molecule has 1 unspecified atom stereocenters. The number of rotatable bonds is 8. The summed E-state index contributed by atoms with van der Waals surface area (Å²) in [7, 11) is 0. The Kier molecular flexibility index (Phi) is 7.80. The maximum absolute atomic E-state index is 11.6. The summed E-state index contributed by atoms with van der Waals surface area (Å²) < 4.78 is 5.37. The second-order valence-corrected chi connectivity index (χ2v) is 5.56. The number of hydrogen-bond acceptors (Lipinski definition) is 4. The summed E-state index contributed by atoms with van der Waals surface area (Å²) in [6.07, 6.45) is 2.58. The fourth-order valence-corrected chi connectivity index (χ4v) is 1.71. The van der Waals surface area contributed by atoms with Gasteiger partial charge < -0.3 is 9.84 Å². The van der Waals surface area contributed by atoms with Gasteiger partial charge in [0.05, 0.1) is 13.2 Å². The molecule has 2 N–H and O–H groups in total. The lowest BCUT2D eigenvalue weighted by Gasteiger charge is -2.14. The van der Waals surface area contributed by atoms with Crippen LogP contribution >= 0.6 is 0 Å². The molecule has 0 fully saturated rings. The number of aliphatic hydroxyl groups excluding tert-OH is 1. The highest BCUT2D eigenvalue weighted by atomic mass is 16.8.